The fraction of sp³-hybridized carbons (Fsp3) is 0.316. The quantitative estimate of drug-likeness (QED) is 0.750. The maximum absolute atomic E-state index is 12.3. The van der Waals surface area contributed by atoms with Crippen molar-refractivity contribution in [1.29, 1.82) is 0 Å². The first-order valence-electron chi connectivity index (χ1n) is 8.38. The number of aryl methyl sites for hydroxylation is 2. The standard InChI is InChI=1S/C19H22N4O2/c1-12(15-7-5-4-6-8-15)21-18(24)10-9-16-13(2)20-17-11-19(25)22-23(17)14(16)3/h4-8,11-12H,9-10H2,1-3H3,(H,21,24)(H,22,25)/t12-/m0/s1. The van der Waals surface area contributed by atoms with E-state index >= 15 is 0 Å². The summed E-state index contributed by atoms with van der Waals surface area (Å²) in [4.78, 5) is 28.2. The van der Waals surface area contributed by atoms with Crippen LogP contribution in [0.3, 0.4) is 0 Å². The van der Waals surface area contributed by atoms with Crippen LogP contribution in [0, 0.1) is 13.8 Å². The van der Waals surface area contributed by atoms with Crippen LogP contribution >= 0.6 is 0 Å². The minimum absolute atomic E-state index is 0.00347. The lowest BCUT2D eigenvalue weighted by Gasteiger charge is -2.15. The van der Waals surface area contributed by atoms with Gasteiger partial charge in [0.15, 0.2) is 5.65 Å². The van der Waals surface area contributed by atoms with Gasteiger partial charge in [-0.3, -0.25) is 14.7 Å². The Kier molecular flexibility index (Phi) is 4.70. The number of aromatic nitrogens is 3. The van der Waals surface area contributed by atoms with E-state index in [1.54, 1.807) is 4.52 Å². The summed E-state index contributed by atoms with van der Waals surface area (Å²) in [5, 5.41) is 5.76. The van der Waals surface area contributed by atoms with E-state index in [-0.39, 0.29) is 17.5 Å². The van der Waals surface area contributed by atoms with E-state index in [4.69, 9.17) is 0 Å². The van der Waals surface area contributed by atoms with Crippen LogP contribution in [0.25, 0.3) is 5.65 Å². The number of hydrogen-bond acceptors (Lipinski definition) is 3. The minimum atomic E-state index is -0.179. The number of carbonyl (C=O) groups is 1. The molecule has 2 aromatic heterocycles. The smallest absolute Gasteiger partial charge is 0.266 e. The van der Waals surface area contributed by atoms with Crippen molar-refractivity contribution in [3.05, 3.63) is 69.3 Å². The Bertz CT molecular complexity index is 957. The molecular formula is C19H22N4O2. The molecule has 1 atom stereocenters. The summed E-state index contributed by atoms with van der Waals surface area (Å²) >= 11 is 0. The number of rotatable bonds is 5. The summed E-state index contributed by atoms with van der Waals surface area (Å²) in [5.41, 5.74) is 4.25. The number of benzene rings is 1. The predicted octanol–water partition coefficient (Wildman–Crippen LogP) is 2.45. The summed E-state index contributed by atoms with van der Waals surface area (Å²) in [7, 11) is 0. The number of fused-ring (bicyclic) bond motifs is 1. The van der Waals surface area contributed by atoms with Gasteiger partial charge in [0, 0.05) is 23.9 Å². The van der Waals surface area contributed by atoms with Gasteiger partial charge in [-0.15, -0.1) is 0 Å². The van der Waals surface area contributed by atoms with E-state index in [0.717, 1.165) is 22.5 Å². The van der Waals surface area contributed by atoms with Crippen molar-refractivity contribution in [3.63, 3.8) is 0 Å². The lowest BCUT2D eigenvalue weighted by atomic mass is 10.1. The molecule has 0 aliphatic carbocycles. The number of amides is 1. The Labute approximate surface area is 145 Å². The number of H-pyrrole nitrogens is 1. The van der Waals surface area contributed by atoms with Gasteiger partial charge in [0.05, 0.1) is 6.04 Å². The van der Waals surface area contributed by atoms with Crippen molar-refractivity contribution in [2.24, 2.45) is 0 Å². The number of aromatic amines is 1. The Morgan fingerprint density at radius 3 is 2.72 bits per heavy atom. The van der Waals surface area contributed by atoms with Crippen molar-refractivity contribution >= 4 is 11.6 Å². The van der Waals surface area contributed by atoms with Gasteiger partial charge in [-0.1, -0.05) is 30.3 Å². The maximum atomic E-state index is 12.3. The average Bonchev–Trinajstić information content (AvgIpc) is 2.96. The third-order valence-corrected chi connectivity index (χ3v) is 4.48. The molecule has 130 valence electrons. The van der Waals surface area contributed by atoms with Crippen molar-refractivity contribution < 1.29 is 4.79 Å². The summed E-state index contributed by atoms with van der Waals surface area (Å²) < 4.78 is 1.68. The molecule has 0 saturated heterocycles. The highest BCUT2D eigenvalue weighted by Gasteiger charge is 2.14. The zero-order valence-electron chi connectivity index (χ0n) is 14.7. The van der Waals surface area contributed by atoms with Crippen molar-refractivity contribution in [3.8, 4) is 0 Å². The summed E-state index contributed by atoms with van der Waals surface area (Å²) in [5.74, 6) is -0.00347. The molecule has 0 aliphatic rings. The molecule has 0 aliphatic heterocycles. The van der Waals surface area contributed by atoms with Gasteiger partial charge >= 0.3 is 0 Å². The zero-order valence-corrected chi connectivity index (χ0v) is 14.7. The van der Waals surface area contributed by atoms with Crippen LogP contribution in [-0.2, 0) is 11.2 Å². The van der Waals surface area contributed by atoms with Gasteiger partial charge in [-0.05, 0) is 38.3 Å². The topological polar surface area (TPSA) is 79.3 Å². The number of carbonyl (C=O) groups excluding carboxylic acids is 1. The van der Waals surface area contributed by atoms with Crippen molar-refractivity contribution in [2.75, 3.05) is 0 Å². The first-order valence-corrected chi connectivity index (χ1v) is 8.38. The number of hydrogen-bond donors (Lipinski definition) is 2. The van der Waals surface area contributed by atoms with Crippen LogP contribution in [0.15, 0.2) is 41.2 Å². The Morgan fingerprint density at radius 1 is 1.28 bits per heavy atom. The van der Waals surface area contributed by atoms with Gasteiger partial charge in [-0.2, -0.15) is 0 Å². The van der Waals surface area contributed by atoms with Gasteiger partial charge in [0.2, 0.25) is 5.91 Å². The van der Waals surface area contributed by atoms with Crippen LogP contribution < -0.4 is 10.9 Å². The lowest BCUT2D eigenvalue weighted by molar-refractivity contribution is -0.121. The largest absolute Gasteiger partial charge is 0.350 e. The third-order valence-electron chi connectivity index (χ3n) is 4.48. The molecule has 0 saturated carbocycles. The van der Waals surface area contributed by atoms with E-state index in [1.807, 2.05) is 51.1 Å². The van der Waals surface area contributed by atoms with Crippen LogP contribution in [0.2, 0.25) is 0 Å². The Balaban J connectivity index is 1.70. The van der Waals surface area contributed by atoms with E-state index in [9.17, 15) is 9.59 Å². The molecule has 6 nitrogen and oxygen atoms in total. The molecule has 0 fully saturated rings. The van der Waals surface area contributed by atoms with Crippen molar-refractivity contribution in [1.82, 2.24) is 19.9 Å². The summed E-state index contributed by atoms with van der Waals surface area (Å²) in [6, 6.07) is 11.3. The second-order valence-electron chi connectivity index (χ2n) is 6.28. The van der Waals surface area contributed by atoms with E-state index in [2.05, 4.69) is 15.4 Å². The lowest BCUT2D eigenvalue weighted by Crippen LogP contribution is -2.27. The molecule has 2 heterocycles. The molecule has 0 unspecified atom stereocenters. The molecule has 1 aromatic carbocycles. The Hall–Kier alpha value is -2.89. The van der Waals surface area contributed by atoms with Gasteiger partial charge < -0.3 is 5.32 Å². The fourth-order valence-electron chi connectivity index (χ4n) is 3.09. The van der Waals surface area contributed by atoms with Gasteiger partial charge in [0.25, 0.3) is 5.56 Å². The third kappa shape index (κ3) is 3.63. The van der Waals surface area contributed by atoms with Crippen molar-refractivity contribution in [2.45, 2.75) is 39.7 Å². The molecule has 3 aromatic rings. The van der Waals surface area contributed by atoms with E-state index < -0.39 is 0 Å². The molecule has 25 heavy (non-hydrogen) atoms. The molecule has 1 amide bonds. The molecule has 3 rings (SSSR count). The van der Waals surface area contributed by atoms with Gasteiger partial charge in [0.1, 0.15) is 0 Å². The number of nitrogens with zero attached hydrogens (tertiary/aromatic N) is 2. The van der Waals surface area contributed by atoms with Crippen LogP contribution in [0.4, 0.5) is 0 Å². The van der Waals surface area contributed by atoms with E-state index in [0.29, 0.717) is 18.5 Å². The molecular weight excluding hydrogens is 316 g/mol. The predicted molar refractivity (Wildman–Crippen MR) is 96.6 cm³/mol. The van der Waals surface area contributed by atoms with Crippen LogP contribution in [0.5, 0.6) is 0 Å². The second-order valence-corrected chi connectivity index (χ2v) is 6.28. The molecule has 0 spiro atoms. The highest BCUT2D eigenvalue weighted by atomic mass is 16.1. The highest BCUT2D eigenvalue weighted by Crippen LogP contribution is 2.16. The molecule has 2 N–H and O–H groups in total. The SMILES string of the molecule is Cc1nc2cc(=O)[nH]n2c(C)c1CCC(=O)N[C@@H](C)c1ccccc1. The normalized spacial score (nSPS) is 12.3. The highest BCUT2D eigenvalue weighted by molar-refractivity contribution is 5.76. The summed E-state index contributed by atoms with van der Waals surface area (Å²) in [6.45, 7) is 5.81. The minimum Gasteiger partial charge on any atom is -0.350 e. The molecule has 0 radical (unpaired) electrons. The molecule has 6 heteroatoms. The maximum Gasteiger partial charge on any atom is 0.266 e. The van der Waals surface area contributed by atoms with Crippen LogP contribution in [-0.4, -0.2) is 20.5 Å². The number of nitrogens with one attached hydrogen (secondary N) is 2. The summed E-state index contributed by atoms with van der Waals surface area (Å²) in [6.07, 6.45) is 0.950. The zero-order chi connectivity index (χ0) is 18.0. The first-order chi connectivity index (χ1) is 12.0. The Morgan fingerprint density at radius 2 is 2.00 bits per heavy atom. The molecule has 0 bridgehead atoms. The fourth-order valence-corrected chi connectivity index (χ4v) is 3.09. The van der Waals surface area contributed by atoms with Gasteiger partial charge in [-0.25, -0.2) is 9.50 Å². The van der Waals surface area contributed by atoms with Crippen LogP contribution in [0.1, 0.15) is 41.9 Å². The first kappa shape index (κ1) is 17.0. The van der Waals surface area contributed by atoms with E-state index in [1.165, 1.54) is 6.07 Å². The average molecular weight is 338 g/mol. The monoisotopic (exact) mass is 338 g/mol. The second kappa shape index (κ2) is 6.93.